The highest BCUT2D eigenvalue weighted by Gasteiger charge is 2.28. The van der Waals surface area contributed by atoms with E-state index in [1.165, 1.54) is 7.11 Å². The van der Waals surface area contributed by atoms with E-state index in [2.05, 4.69) is 5.32 Å². The number of nitrogens with one attached hydrogen (secondary N) is 1. The van der Waals surface area contributed by atoms with E-state index in [1.807, 2.05) is 0 Å². The van der Waals surface area contributed by atoms with Gasteiger partial charge in [0.15, 0.2) is 9.84 Å². The van der Waals surface area contributed by atoms with Crippen molar-refractivity contribution in [2.75, 3.05) is 32.6 Å². The van der Waals surface area contributed by atoms with E-state index in [-0.39, 0.29) is 11.0 Å². The summed E-state index contributed by atoms with van der Waals surface area (Å²) in [6.45, 7) is 1.40. The van der Waals surface area contributed by atoms with Gasteiger partial charge in [-0.3, -0.25) is 0 Å². The van der Waals surface area contributed by atoms with Crippen molar-refractivity contribution in [1.29, 1.82) is 0 Å². The van der Waals surface area contributed by atoms with Crippen molar-refractivity contribution in [2.24, 2.45) is 0 Å². The van der Waals surface area contributed by atoms with Crippen LogP contribution < -0.4 is 5.32 Å². The first-order valence-electron chi connectivity index (χ1n) is 3.58. The van der Waals surface area contributed by atoms with E-state index in [0.717, 1.165) is 0 Å². The zero-order valence-electron chi connectivity index (χ0n) is 6.54. The molecule has 1 unspecified atom stereocenters. The Morgan fingerprint density at radius 3 is 2.91 bits per heavy atom. The lowest BCUT2D eigenvalue weighted by molar-refractivity contribution is 0.194. The van der Waals surface area contributed by atoms with E-state index < -0.39 is 9.84 Å². The Hall–Kier alpha value is -0.130. The molecule has 1 fully saturated rings. The van der Waals surface area contributed by atoms with E-state index in [4.69, 9.17) is 4.74 Å². The zero-order chi connectivity index (χ0) is 8.32. The van der Waals surface area contributed by atoms with Crippen molar-refractivity contribution in [1.82, 2.24) is 5.32 Å². The number of methoxy groups -OCH3 is 1. The van der Waals surface area contributed by atoms with Crippen LogP contribution in [-0.4, -0.2) is 46.2 Å². The molecule has 1 saturated heterocycles. The summed E-state index contributed by atoms with van der Waals surface area (Å²) in [6.07, 6.45) is 0. The predicted molar refractivity (Wildman–Crippen MR) is 42.3 cm³/mol. The highest BCUT2D eigenvalue weighted by molar-refractivity contribution is 7.92. The second-order valence-corrected chi connectivity index (χ2v) is 5.05. The van der Waals surface area contributed by atoms with Gasteiger partial charge < -0.3 is 10.1 Å². The summed E-state index contributed by atoms with van der Waals surface area (Å²) in [5.74, 6) is 0.237. The SMILES string of the molecule is COCC1CNCCS1(=O)=O. The lowest BCUT2D eigenvalue weighted by Crippen LogP contribution is -2.46. The Kier molecular flexibility index (Phi) is 2.86. The summed E-state index contributed by atoms with van der Waals surface area (Å²) in [4.78, 5) is 0. The molecule has 0 amide bonds. The molecule has 1 aliphatic rings. The van der Waals surface area contributed by atoms with Gasteiger partial charge in [0.1, 0.15) is 0 Å². The summed E-state index contributed by atoms with van der Waals surface area (Å²) in [6, 6.07) is 0. The molecule has 0 bridgehead atoms. The molecule has 4 nitrogen and oxygen atoms in total. The second-order valence-electron chi connectivity index (χ2n) is 2.65. The monoisotopic (exact) mass is 179 g/mol. The van der Waals surface area contributed by atoms with Crippen LogP contribution in [0.25, 0.3) is 0 Å². The van der Waals surface area contributed by atoms with E-state index in [1.54, 1.807) is 0 Å². The molecule has 0 aromatic carbocycles. The summed E-state index contributed by atoms with van der Waals surface area (Å²) < 4.78 is 27.3. The molecule has 11 heavy (non-hydrogen) atoms. The van der Waals surface area contributed by atoms with Gasteiger partial charge in [-0.1, -0.05) is 0 Å². The van der Waals surface area contributed by atoms with Gasteiger partial charge in [0, 0.05) is 20.2 Å². The summed E-state index contributed by atoms with van der Waals surface area (Å²) in [5.41, 5.74) is 0. The zero-order valence-corrected chi connectivity index (χ0v) is 7.36. The fourth-order valence-corrected chi connectivity index (χ4v) is 2.60. The molecule has 0 saturated carbocycles. The minimum atomic E-state index is -2.87. The second kappa shape index (κ2) is 3.51. The molecule has 1 atom stereocenters. The Bertz CT molecular complexity index is 210. The smallest absolute Gasteiger partial charge is 0.157 e. The van der Waals surface area contributed by atoms with Crippen LogP contribution in [-0.2, 0) is 14.6 Å². The normalized spacial score (nSPS) is 30.1. The van der Waals surface area contributed by atoms with Crippen LogP contribution in [0.3, 0.4) is 0 Å². The number of ether oxygens (including phenoxy) is 1. The Balaban J connectivity index is 2.60. The third-order valence-corrected chi connectivity index (χ3v) is 3.89. The van der Waals surface area contributed by atoms with Gasteiger partial charge in [-0.2, -0.15) is 0 Å². The molecule has 0 aliphatic carbocycles. The summed E-state index contributed by atoms with van der Waals surface area (Å²) in [5, 5.41) is 2.67. The molecule has 0 aromatic rings. The molecule has 1 rings (SSSR count). The van der Waals surface area contributed by atoms with Crippen molar-refractivity contribution < 1.29 is 13.2 Å². The van der Waals surface area contributed by atoms with Crippen molar-refractivity contribution >= 4 is 9.84 Å². The number of sulfone groups is 1. The fourth-order valence-electron chi connectivity index (χ4n) is 1.12. The molecule has 0 aromatic heterocycles. The van der Waals surface area contributed by atoms with Gasteiger partial charge in [0.25, 0.3) is 0 Å². The third kappa shape index (κ3) is 2.15. The molecule has 66 valence electrons. The quantitative estimate of drug-likeness (QED) is 0.592. The maximum atomic E-state index is 11.3. The molecule has 0 radical (unpaired) electrons. The molecule has 1 aliphatic heterocycles. The highest BCUT2D eigenvalue weighted by Crippen LogP contribution is 2.05. The molecular formula is C6H13NO3S. The largest absolute Gasteiger partial charge is 0.383 e. The first-order chi connectivity index (χ1) is 5.17. The Morgan fingerprint density at radius 1 is 1.64 bits per heavy atom. The highest BCUT2D eigenvalue weighted by atomic mass is 32.2. The van der Waals surface area contributed by atoms with Crippen LogP contribution in [0.2, 0.25) is 0 Å². The topological polar surface area (TPSA) is 55.4 Å². The van der Waals surface area contributed by atoms with Crippen molar-refractivity contribution in [2.45, 2.75) is 5.25 Å². The first-order valence-corrected chi connectivity index (χ1v) is 5.29. The Labute approximate surface area is 66.8 Å². The van der Waals surface area contributed by atoms with Crippen molar-refractivity contribution in [3.8, 4) is 0 Å². The minimum absolute atomic E-state index is 0.237. The fraction of sp³-hybridized carbons (Fsp3) is 1.00. The first kappa shape index (κ1) is 8.96. The van der Waals surface area contributed by atoms with Crippen LogP contribution in [0, 0.1) is 0 Å². The molecular weight excluding hydrogens is 166 g/mol. The number of rotatable bonds is 2. The average molecular weight is 179 g/mol. The van der Waals surface area contributed by atoms with Crippen LogP contribution in [0.5, 0.6) is 0 Å². The van der Waals surface area contributed by atoms with Gasteiger partial charge >= 0.3 is 0 Å². The molecule has 5 heteroatoms. The third-order valence-electron chi connectivity index (χ3n) is 1.80. The van der Waals surface area contributed by atoms with Gasteiger partial charge in [0.2, 0.25) is 0 Å². The minimum Gasteiger partial charge on any atom is -0.383 e. The van der Waals surface area contributed by atoms with E-state index in [9.17, 15) is 8.42 Å². The molecule has 0 spiro atoms. The summed E-state index contributed by atoms with van der Waals surface area (Å²) in [7, 11) is -1.36. The Morgan fingerprint density at radius 2 is 2.36 bits per heavy atom. The van der Waals surface area contributed by atoms with E-state index in [0.29, 0.717) is 19.7 Å². The maximum Gasteiger partial charge on any atom is 0.157 e. The average Bonchev–Trinajstić information content (AvgIpc) is 1.94. The van der Waals surface area contributed by atoms with Gasteiger partial charge in [-0.05, 0) is 0 Å². The molecule has 1 N–H and O–H groups in total. The van der Waals surface area contributed by atoms with Crippen LogP contribution in [0.4, 0.5) is 0 Å². The lowest BCUT2D eigenvalue weighted by Gasteiger charge is -2.22. The molecule has 1 heterocycles. The van der Waals surface area contributed by atoms with E-state index >= 15 is 0 Å². The lowest BCUT2D eigenvalue weighted by atomic mass is 10.4. The van der Waals surface area contributed by atoms with Crippen LogP contribution in [0.15, 0.2) is 0 Å². The van der Waals surface area contributed by atoms with Crippen LogP contribution in [0.1, 0.15) is 0 Å². The number of hydrogen-bond acceptors (Lipinski definition) is 4. The van der Waals surface area contributed by atoms with Gasteiger partial charge in [0.05, 0.1) is 17.6 Å². The predicted octanol–water partition coefficient (Wildman–Crippen LogP) is -0.981. The number of hydrogen-bond donors (Lipinski definition) is 1. The van der Waals surface area contributed by atoms with Crippen LogP contribution >= 0.6 is 0 Å². The van der Waals surface area contributed by atoms with Crippen molar-refractivity contribution in [3.63, 3.8) is 0 Å². The standard InChI is InChI=1S/C6H13NO3S/c1-10-5-6-4-7-2-3-11(6,8)9/h6-7H,2-5H2,1H3. The maximum absolute atomic E-state index is 11.3. The summed E-state index contributed by atoms with van der Waals surface area (Å²) >= 11 is 0. The van der Waals surface area contributed by atoms with Gasteiger partial charge in [-0.15, -0.1) is 0 Å². The van der Waals surface area contributed by atoms with Crippen molar-refractivity contribution in [3.05, 3.63) is 0 Å². The van der Waals surface area contributed by atoms with Gasteiger partial charge in [-0.25, -0.2) is 8.42 Å².